The molecular weight excluding hydrogens is 515 g/mol. The van der Waals surface area contributed by atoms with Crippen molar-refractivity contribution in [2.75, 3.05) is 7.11 Å². The summed E-state index contributed by atoms with van der Waals surface area (Å²) < 4.78 is 32.3. The van der Waals surface area contributed by atoms with E-state index in [4.69, 9.17) is 19.2 Å². The lowest BCUT2D eigenvalue weighted by Crippen LogP contribution is -2.12. The van der Waals surface area contributed by atoms with Crippen LogP contribution < -0.4 is 14.2 Å². The molecule has 0 fully saturated rings. The molecule has 41 heavy (non-hydrogen) atoms. The predicted molar refractivity (Wildman–Crippen MR) is 162 cm³/mol. The number of methoxy groups -OCH3 is 1. The first-order chi connectivity index (χ1) is 19.7. The standard InChI is InChI=1S/C35H33FN2O3/c1-7-26-34-27(15-16-37-26)38-28(20-31(34)40-21-23-11-9-8-10-12-23)33-22(2)17-24(35(3,4)5)18-32(33)41-29-14-13-25(36)19-30(29)39-6/h7-20H,1,21H2,2-6H3. The molecule has 0 unspecified atom stereocenters. The first-order valence-electron chi connectivity index (χ1n) is 13.4. The van der Waals surface area contributed by atoms with E-state index in [1.165, 1.54) is 19.2 Å². The van der Waals surface area contributed by atoms with Crippen LogP contribution in [0, 0.1) is 12.7 Å². The third-order valence-electron chi connectivity index (χ3n) is 6.91. The molecule has 2 heterocycles. The van der Waals surface area contributed by atoms with E-state index in [2.05, 4.69) is 38.4 Å². The van der Waals surface area contributed by atoms with Gasteiger partial charge in [-0.15, -0.1) is 0 Å². The zero-order chi connectivity index (χ0) is 29.1. The van der Waals surface area contributed by atoms with E-state index in [1.54, 1.807) is 18.3 Å². The van der Waals surface area contributed by atoms with Crippen LogP contribution in [0.2, 0.25) is 0 Å². The highest BCUT2D eigenvalue weighted by Gasteiger charge is 2.23. The minimum absolute atomic E-state index is 0.139. The predicted octanol–water partition coefficient (Wildman–Crippen LogP) is 9.06. The molecule has 0 aliphatic heterocycles. The highest BCUT2D eigenvalue weighted by atomic mass is 19.1. The van der Waals surface area contributed by atoms with Crippen LogP contribution in [0.1, 0.15) is 43.2 Å². The summed E-state index contributed by atoms with van der Waals surface area (Å²) in [6, 6.07) is 22.2. The molecule has 0 aliphatic rings. The lowest BCUT2D eigenvalue weighted by atomic mass is 9.84. The molecule has 0 N–H and O–H groups in total. The normalized spacial score (nSPS) is 11.4. The van der Waals surface area contributed by atoms with Gasteiger partial charge in [-0.1, -0.05) is 63.7 Å². The Morgan fingerprint density at radius 1 is 0.902 bits per heavy atom. The van der Waals surface area contributed by atoms with Crippen molar-refractivity contribution >= 4 is 17.0 Å². The Morgan fingerprint density at radius 3 is 2.39 bits per heavy atom. The van der Waals surface area contributed by atoms with Crippen molar-refractivity contribution in [2.24, 2.45) is 0 Å². The number of fused-ring (bicyclic) bond motifs is 1. The maximum Gasteiger partial charge on any atom is 0.169 e. The smallest absolute Gasteiger partial charge is 0.169 e. The van der Waals surface area contributed by atoms with Crippen molar-refractivity contribution < 1.29 is 18.6 Å². The van der Waals surface area contributed by atoms with Crippen molar-refractivity contribution in [3.05, 3.63) is 114 Å². The van der Waals surface area contributed by atoms with Gasteiger partial charge in [0.2, 0.25) is 0 Å². The van der Waals surface area contributed by atoms with Crippen LogP contribution in [-0.4, -0.2) is 17.1 Å². The number of pyridine rings is 2. The summed E-state index contributed by atoms with van der Waals surface area (Å²) >= 11 is 0. The quantitative estimate of drug-likeness (QED) is 0.194. The van der Waals surface area contributed by atoms with Gasteiger partial charge in [0, 0.05) is 23.9 Å². The maximum absolute atomic E-state index is 14.0. The number of ether oxygens (including phenoxy) is 3. The van der Waals surface area contributed by atoms with E-state index >= 15 is 0 Å². The average Bonchev–Trinajstić information content (AvgIpc) is 2.96. The lowest BCUT2D eigenvalue weighted by Gasteiger charge is -2.24. The molecule has 3 aromatic carbocycles. The van der Waals surface area contributed by atoms with Gasteiger partial charge in [0.1, 0.15) is 23.9 Å². The Labute approximate surface area is 240 Å². The van der Waals surface area contributed by atoms with Crippen molar-refractivity contribution in [3.8, 4) is 34.3 Å². The van der Waals surface area contributed by atoms with E-state index in [9.17, 15) is 4.39 Å². The molecule has 0 bridgehead atoms. The number of aromatic nitrogens is 2. The summed E-state index contributed by atoms with van der Waals surface area (Å²) in [5.41, 5.74) is 5.86. The zero-order valence-corrected chi connectivity index (χ0v) is 24.0. The van der Waals surface area contributed by atoms with Crippen molar-refractivity contribution in [1.82, 2.24) is 9.97 Å². The molecule has 0 saturated carbocycles. The number of aryl methyl sites for hydroxylation is 1. The Kier molecular flexibility index (Phi) is 7.75. The fraction of sp³-hybridized carbons (Fsp3) is 0.200. The van der Waals surface area contributed by atoms with Gasteiger partial charge in [0.05, 0.1) is 29.4 Å². The largest absolute Gasteiger partial charge is 0.493 e. The summed E-state index contributed by atoms with van der Waals surface area (Å²) in [4.78, 5) is 9.53. The number of benzene rings is 3. The van der Waals surface area contributed by atoms with Gasteiger partial charge in [-0.3, -0.25) is 4.98 Å². The Balaban J connectivity index is 1.71. The van der Waals surface area contributed by atoms with E-state index in [-0.39, 0.29) is 5.41 Å². The molecule has 0 saturated heterocycles. The molecule has 208 valence electrons. The molecule has 5 nitrogen and oxygen atoms in total. The number of hydrogen-bond donors (Lipinski definition) is 0. The fourth-order valence-electron chi connectivity index (χ4n) is 4.74. The first-order valence-corrected chi connectivity index (χ1v) is 13.4. The highest BCUT2D eigenvalue weighted by molar-refractivity contribution is 5.94. The Bertz CT molecular complexity index is 1730. The summed E-state index contributed by atoms with van der Waals surface area (Å²) in [5.74, 6) is 1.52. The number of nitrogens with zero attached hydrogens (tertiary/aromatic N) is 2. The van der Waals surface area contributed by atoms with E-state index in [0.29, 0.717) is 41.0 Å². The van der Waals surface area contributed by atoms with Crippen LogP contribution in [0.25, 0.3) is 28.2 Å². The molecular formula is C35H33FN2O3. The second kappa shape index (κ2) is 11.4. The molecule has 0 radical (unpaired) electrons. The maximum atomic E-state index is 14.0. The average molecular weight is 549 g/mol. The minimum atomic E-state index is -0.405. The summed E-state index contributed by atoms with van der Waals surface area (Å²) in [6.07, 6.45) is 3.42. The van der Waals surface area contributed by atoms with Crippen LogP contribution in [-0.2, 0) is 12.0 Å². The Morgan fingerprint density at radius 2 is 1.68 bits per heavy atom. The van der Waals surface area contributed by atoms with Crippen molar-refractivity contribution in [2.45, 2.75) is 39.7 Å². The third-order valence-corrected chi connectivity index (χ3v) is 6.91. The first kappa shape index (κ1) is 27.8. The lowest BCUT2D eigenvalue weighted by molar-refractivity contribution is 0.310. The summed E-state index contributed by atoms with van der Waals surface area (Å²) in [6.45, 7) is 12.8. The van der Waals surface area contributed by atoms with Crippen LogP contribution in [0.5, 0.6) is 23.0 Å². The van der Waals surface area contributed by atoms with Gasteiger partial charge in [0.25, 0.3) is 0 Å². The van der Waals surface area contributed by atoms with Crippen molar-refractivity contribution in [1.29, 1.82) is 0 Å². The molecule has 5 aromatic rings. The van der Waals surface area contributed by atoms with Gasteiger partial charge in [-0.05, 0) is 59.4 Å². The zero-order valence-electron chi connectivity index (χ0n) is 24.0. The summed E-state index contributed by atoms with van der Waals surface area (Å²) in [7, 11) is 1.49. The highest BCUT2D eigenvalue weighted by Crippen LogP contribution is 2.43. The van der Waals surface area contributed by atoms with E-state index in [1.807, 2.05) is 55.5 Å². The third kappa shape index (κ3) is 5.92. The fourth-order valence-corrected chi connectivity index (χ4v) is 4.74. The second-order valence-corrected chi connectivity index (χ2v) is 10.9. The SMILES string of the molecule is C=Cc1nccc2nc(-c3c(C)cc(C(C)(C)C)cc3Oc3ccc(F)cc3OC)cc(OCc3ccccc3)c12. The van der Waals surface area contributed by atoms with Crippen LogP contribution in [0.3, 0.4) is 0 Å². The van der Waals surface area contributed by atoms with Gasteiger partial charge in [-0.25, -0.2) is 9.37 Å². The molecule has 2 aromatic heterocycles. The molecule has 0 spiro atoms. The van der Waals surface area contributed by atoms with Crippen LogP contribution >= 0.6 is 0 Å². The summed E-state index contributed by atoms with van der Waals surface area (Å²) in [5, 5.41) is 0.786. The van der Waals surface area contributed by atoms with Crippen LogP contribution in [0.4, 0.5) is 4.39 Å². The van der Waals surface area contributed by atoms with Gasteiger partial charge >= 0.3 is 0 Å². The van der Waals surface area contributed by atoms with E-state index in [0.717, 1.165) is 33.2 Å². The number of rotatable bonds is 8. The Hall–Kier alpha value is -4.71. The number of halogens is 1. The molecule has 0 amide bonds. The topological polar surface area (TPSA) is 53.5 Å². The molecule has 0 aliphatic carbocycles. The molecule has 6 heteroatoms. The van der Waals surface area contributed by atoms with E-state index < -0.39 is 5.82 Å². The number of hydrogen-bond acceptors (Lipinski definition) is 5. The van der Waals surface area contributed by atoms with Gasteiger partial charge in [0.15, 0.2) is 11.5 Å². The second-order valence-electron chi connectivity index (χ2n) is 10.9. The molecule has 0 atom stereocenters. The van der Waals surface area contributed by atoms with Gasteiger partial charge in [-0.2, -0.15) is 0 Å². The monoisotopic (exact) mass is 548 g/mol. The van der Waals surface area contributed by atoms with Crippen molar-refractivity contribution in [3.63, 3.8) is 0 Å². The van der Waals surface area contributed by atoms with Crippen LogP contribution in [0.15, 0.2) is 85.6 Å². The minimum Gasteiger partial charge on any atom is -0.493 e. The van der Waals surface area contributed by atoms with Gasteiger partial charge < -0.3 is 14.2 Å². The molecule has 5 rings (SSSR count).